The number of nitriles is 1. The standard InChI is InChI=1S/C25H29N5O2/c1-23(2,16-26)18-6-8-19(9-7-18)30-21(31)24(3,4)29(22(30)32)15-17-10-13-27-20(14-17)28-25(5)11-12-25/h6-10,13-14H,11-12,15H2,1-5H3,(H,27,28). The molecule has 2 aromatic rings. The van der Waals surface area contributed by atoms with Crippen LogP contribution in [0.3, 0.4) is 0 Å². The molecule has 32 heavy (non-hydrogen) atoms. The molecule has 7 heteroatoms. The molecule has 1 aromatic heterocycles. The summed E-state index contributed by atoms with van der Waals surface area (Å²) in [5, 5.41) is 12.8. The van der Waals surface area contributed by atoms with E-state index in [-0.39, 0.29) is 17.5 Å². The van der Waals surface area contributed by atoms with Gasteiger partial charge in [0.2, 0.25) is 0 Å². The van der Waals surface area contributed by atoms with Gasteiger partial charge >= 0.3 is 6.03 Å². The maximum absolute atomic E-state index is 13.3. The number of anilines is 2. The zero-order valence-corrected chi connectivity index (χ0v) is 19.3. The van der Waals surface area contributed by atoms with Crippen molar-refractivity contribution < 1.29 is 9.59 Å². The Bertz CT molecular complexity index is 1110. The highest BCUT2D eigenvalue weighted by Gasteiger charge is 2.51. The molecule has 166 valence electrons. The summed E-state index contributed by atoms with van der Waals surface area (Å²) < 4.78 is 0. The third-order valence-electron chi connectivity index (χ3n) is 6.55. The number of rotatable bonds is 6. The van der Waals surface area contributed by atoms with Crippen LogP contribution in [0, 0.1) is 11.3 Å². The van der Waals surface area contributed by atoms with E-state index in [1.54, 1.807) is 49.2 Å². The topological polar surface area (TPSA) is 89.3 Å². The Kier molecular flexibility index (Phi) is 5.00. The lowest BCUT2D eigenvalue weighted by Crippen LogP contribution is -2.43. The minimum Gasteiger partial charge on any atom is -0.365 e. The second kappa shape index (κ2) is 7.33. The molecular weight excluding hydrogens is 402 g/mol. The van der Waals surface area contributed by atoms with Gasteiger partial charge in [0.15, 0.2) is 0 Å². The first-order valence-electron chi connectivity index (χ1n) is 10.9. The van der Waals surface area contributed by atoms with Gasteiger partial charge in [0.05, 0.1) is 17.2 Å². The van der Waals surface area contributed by atoms with Crippen LogP contribution in [0.15, 0.2) is 42.6 Å². The maximum atomic E-state index is 13.3. The Balaban J connectivity index is 1.58. The summed E-state index contributed by atoms with van der Waals surface area (Å²) in [5.74, 6) is 0.513. The van der Waals surface area contributed by atoms with Gasteiger partial charge in [-0.25, -0.2) is 14.7 Å². The van der Waals surface area contributed by atoms with Crippen LogP contribution in [0.25, 0.3) is 0 Å². The maximum Gasteiger partial charge on any atom is 0.332 e. The van der Waals surface area contributed by atoms with Crippen molar-refractivity contribution in [1.29, 1.82) is 5.26 Å². The number of aromatic nitrogens is 1. The second-order valence-corrected chi connectivity index (χ2v) is 10.1. The zero-order valence-electron chi connectivity index (χ0n) is 19.3. The summed E-state index contributed by atoms with van der Waals surface area (Å²) in [6, 6.07) is 12.8. The first-order valence-corrected chi connectivity index (χ1v) is 10.9. The van der Waals surface area contributed by atoms with Gasteiger partial charge in [-0.3, -0.25) is 4.79 Å². The van der Waals surface area contributed by atoms with Crippen LogP contribution in [-0.4, -0.2) is 32.9 Å². The summed E-state index contributed by atoms with van der Waals surface area (Å²) in [4.78, 5) is 33.8. The molecule has 4 rings (SSSR count). The van der Waals surface area contributed by atoms with Gasteiger partial charge in [-0.15, -0.1) is 0 Å². The molecule has 2 heterocycles. The number of carbonyl (C=O) groups excluding carboxylic acids is 2. The Labute approximate surface area is 189 Å². The molecule has 2 fully saturated rings. The van der Waals surface area contributed by atoms with Crippen LogP contribution >= 0.6 is 0 Å². The lowest BCUT2D eigenvalue weighted by molar-refractivity contribution is -0.123. The number of amides is 3. The Hall–Kier alpha value is -3.40. The number of nitrogens with one attached hydrogen (secondary N) is 1. The van der Waals surface area contributed by atoms with Crippen LogP contribution in [0.5, 0.6) is 0 Å². The predicted molar refractivity (Wildman–Crippen MR) is 123 cm³/mol. The largest absolute Gasteiger partial charge is 0.365 e. The lowest BCUT2D eigenvalue weighted by atomic mass is 9.86. The van der Waals surface area contributed by atoms with Crippen LogP contribution in [-0.2, 0) is 16.8 Å². The number of benzene rings is 1. The number of urea groups is 1. The second-order valence-electron chi connectivity index (χ2n) is 10.1. The van der Waals surface area contributed by atoms with Crippen molar-refractivity contribution in [3.8, 4) is 6.07 Å². The molecule has 1 aliphatic carbocycles. The first kappa shape index (κ1) is 21.8. The van der Waals surface area contributed by atoms with Crippen molar-refractivity contribution in [2.45, 2.75) is 70.5 Å². The molecule has 0 radical (unpaired) electrons. The van der Waals surface area contributed by atoms with E-state index < -0.39 is 11.0 Å². The molecule has 1 N–H and O–H groups in total. The predicted octanol–water partition coefficient (Wildman–Crippen LogP) is 4.59. The molecule has 2 aliphatic rings. The molecule has 0 spiro atoms. The molecule has 0 atom stereocenters. The van der Waals surface area contributed by atoms with Crippen molar-refractivity contribution in [1.82, 2.24) is 9.88 Å². The Morgan fingerprint density at radius 3 is 2.38 bits per heavy atom. The highest BCUT2D eigenvalue weighted by atomic mass is 16.2. The van der Waals surface area contributed by atoms with Gasteiger partial charge in [-0.05, 0) is 82.9 Å². The number of carbonyl (C=O) groups is 2. The van der Waals surface area contributed by atoms with Crippen LogP contribution in [0.4, 0.5) is 16.3 Å². The Morgan fingerprint density at radius 2 is 1.78 bits per heavy atom. The summed E-state index contributed by atoms with van der Waals surface area (Å²) in [5.41, 5.74) is 0.725. The fourth-order valence-corrected chi connectivity index (χ4v) is 3.87. The average Bonchev–Trinajstić information content (AvgIpc) is 3.45. The van der Waals surface area contributed by atoms with Crippen LogP contribution in [0.2, 0.25) is 0 Å². The van der Waals surface area contributed by atoms with Crippen molar-refractivity contribution in [2.24, 2.45) is 0 Å². The molecule has 0 bridgehead atoms. The lowest BCUT2D eigenvalue weighted by Gasteiger charge is -2.28. The van der Waals surface area contributed by atoms with E-state index in [2.05, 4.69) is 23.3 Å². The van der Waals surface area contributed by atoms with E-state index in [0.717, 1.165) is 29.8 Å². The van der Waals surface area contributed by atoms with Crippen molar-refractivity contribution >= 4 is 23.4 Å². The quantitative estimate of drug-likeness (QED) is 0.676. The molecule has 0 unspecified atom stereocenters. The fraction of sp³-hybridized carbons (Fsp3) is 0.440. The average molecular weight is 432 g/mol. The van der Waals surface area contributed by atoms with Gasteiger partial charge in [0.25, 0.3) is 5.91 Å². The minimum atomic E-state index is -0.985. The smallest absolute Gasteiger partial charge is 0.332 e. The fourth-order valence-electron chi connectivity index (χ4n) is 3.87. The number of pyridine rings is 1. The number of nitrogens with zero attached hydrogens (tertiary/aromatic N) is 4. The van der Waals surface area contributed by atoms with Gasteiger partial charge in [0, 0.05) is 18.3 Å². The third kappa shape index (κ3) is 3.81. The van der Waals surface area contributed by atoms with E-state index in [1.165, 1.54) is 4.90 Å². The molecule has 1 saturated heterocycles. The van der Waals surface area contributed by atoms with Gasteiger partial charge < -0.3 is 10.2 Å². The van der Waals surface area contributed by atoms with Crippen molar-refractivity contribution in [3.05, 3.63) is 53.7 Å². The van der Waals surface area contributed by atoms with Crippen molar-refractivity contribution in [2.75, 3.05) is 10.2 Å². The molecule has 1 aliphatic heterocycles. The SMILES string of the molecule is CC1(Nc2cc(CN3C(=O)N(c4ccc(C(C)(C)C#N)cc4)C(=O)C3(C)C)ccn2)CC1. The number of hydrogen-bond donors (Lipinski definition) is 1. The summed E-state index contributed by atoms with van der Waals surface area (Å²) in [6.07, 6.45) is 3.96. The normalized spacial score (nSPS) is 19.1. The number of imide groups is 1. The van der Waals surface area contributed by atoms with E-state index in [4.69, 9.17) is 0 Å². The first-order chi connectivity index (χ1) is 15.0. The van der Waals surface area contributed by atoms with Gasteiger partial charge in [0.1, 0.15) is 11.4 Å². The van der Waals surface area contributed by atoms with Gasteiger partial charge in [-0.2, -0.15) is 5.26 Å². The molecule has 1 saturated carbocycles. The van der Waals surface area contributed by atoms with Crippen molar-refractivity contribution in [3.63, 3.8) is 0 Å². The molecular formula is C25H29N5O2. The molecule has 3 amide bonds. The summed E-state index contributed by atoms with van der Waals surface area (Å²) in [7, 11) is 0. The van der Waals surface area contributed by atoms with E-state index in [1.807, 2.05) is 26.0 Å². The third-order valence-corrected chi connectivity index (χ3v) is 6.55. The highest BCUT2D eigenvalue weighted by Crippen LogP contribution is 2.38. The van der Waals surface area contributed by atoms with E-state index in [9.17, 15) is 14.9 Å². The summed E-state index contributed by atoms with van der Waals surface area (Å²) in [6.45, 7) is 9.68. The Morgan fingerprint density at radius 1 is 1.12 bits per heavy atom. The van der Waals surface area contributed by atoms with Gasteiger partial charge in [-0.1, -0.05) is 12.1 Å². The highest BCUT2D eigenvalue weighted by molar-refractivity contribution is 6.22. The number of hydrogen-bond acceptors (Lipinski definition) is 5. The van der Waals surface area contributed by atoms with Crippen LogP contribution in [0.1, 0.15) is 58.6 Å². The van der Waals surface area contributed by atoms with Crippen LogP contribution < -0.4 is 10.2 Å². The minimum absolute atomic E-state index is 0.105. The van der Waals surface area contributed by atoms with E-state index >= 15 is 0 Å². The van der Waals surface area contributed by atoms with E-state index in [0.29, 0.717) is 12.2 Å². The summed E-state index contributed by atoms with van der Waals surface area (Å²) >= 11 is 0. The molecule has 1 aromatic carbocycles. The monoisotopic (exact) mass is 431 g/mol. The molecule has 7 nitrogen and oxygen atoms in total. The zero-order chi connectivity index (χ0) is 23.3.